The molecule has 0 radical (unpaired) electrons. The minimum absolute atomic E-state index is 0.0114. The number of cyclic esters (lactones) is 1. The number of hydrogen-bond acceptors (Lipinski definition) is 12. The molecule has 5 fully saturated rings. The van der Waals surface area contributed by atoms with Crippen molar-refractivity contribution in [1.82, 2.24) is 10.2 Å². The fourth-order valence-electron chi connectivity index (χ4n) is 12.6. The van der Waals surface area contributed by atoms with Crippen LogP contribution in [0.2, 0.25) is 0 Å². The van der Waals surface area contributed by atoms with E-state index in [-0.39, 0.29) is 66.1 Å². The van der Waals surface area contributed by atoms with Crippen LogP contribution in [0, 0.1) is 40.4 Å². The Labute approximate surface area is 357 Å². The molecular formula is C47H76N2O11. The molecule has 4 unspecified atom stereocenters. The molecule has 3 saturated carbocycles. The molecule has 60 heavy (non-hydrogen) atoms. The molecule has 0 aromatic carbocycles. The molecule has 2 aliphatic heterocycles. The first kappa shape index (κ1) is 47.2. The number of ether oxygens (including phenoxy) is 3. The molecule has 0 bridgehead atoms. The molecule has 1 amide bonds. The van der Waals surface area contributed by atoms with E-state index in [2.05, 4.69) is 12.2 Å². The molecule has 13 nitrogen and oxygen atoms in total. The monoisotopic (exact) mass is 845 g/mol. The summed E-state index contributed by atoms with van der Waals surface area (Å²) in [6.07, 6.45) is 4.93. The Bertz CT molecular complexity index is 1590. The molecule has 0 spiro atoms. The van der Waals surface area contributed by atoms with Crippen LogP contribution in [0.3, 0.4) is 0 Å². The smallest absolute Gasteiger partial charge is 0.309 e. The molecule has 0 aromatic heterocycles. The van der Waals surface area contributed by atoms with E-state index in [1.54, 1.807) is 19.9 Å². The van der Waals surface area contributed by atoms with Crippen molar-refractivity contribution in [2.75, 3.05) is 19.6 Å². The highest BCUT2D eigenvalue weighted by atomic mass is 16.7. The van der Waals surface area contributed by atoms with Gasteiger partial charge in [0.25, 0.3) is 5.91 Å². The zero-order valence-corrected chi connectivity index (χ0v) is 37.4. The van der Waals surface area contributed by atoms with Crippen molar-refractivity contribution in [2.45, 2.75) is 199 Å². The Morgan fingerprint density at radius 3 is 2.43 bits per heavy atom. The summed E-state index contributed by atoms with van der Waals surface area (Å²) in [5.74, 6) is -1.60. The SMILES string of the molecule is CC[C@H]1OC(=O)C(C)C[C@H](C)[C@@H](O[C@H]2CCC[C@@H](C)O2)[C@H](O)CCCN(CCCNC(=O)[C@@]2(O)CCC3C4CCC5=CC(=O)CC[C@]5(C)C4C(=O)C[C@@]32C)[C@H](C)[C@@H](O)[C@@H]1O. The third-order valence-electron chi connectivity index (χ3n) is 16.3. The van der Waals surface area contributed by atoms with Gasteiger partial charge in [0.2, 0.25) is 0 Å². The maximum Gasteiger partial charge on any atom is 0.309 e. The van der Waals surface area contributed by atoms with Gasteiger partial charge in [0, 0.05) is 43.3 Å². The van der Waals surface area contributed by atoms with Crippen molar-refractivity contribution >= 4 is 23.4 Å². The first-order chi connectivity index (χ1) is 28.3. The molecule has 16 atom stereocenters. The number of amides is 1. The van der Waals surface area contributed by atoms with Crippen LogP contribution in [-0.4, -0.2) is 123 Å². The van der Waals surface area contributed by atoms with E-state index in [0.717, 1.165) is 37.7 Å². The third kappa shape index (κ3) is 9.34. The van der Waals surface area contributed by atoms with Gasteiger partial charge in [0.1, 0.15) is 23.6 Å². The largest absolute Gasteiger partial charge is 0.459 e. The van der Waals surface area contributed by atoms with Gasteiger partial charge in [-0.3, -0.25) is 24.1 Å². The second-order valence-electron chi connectivity index (χ2n) is 20.3. The summed E-state index contributed by atoms with van der Waals surface area (Å²) >= 11 is 0. The highest BCUT2D eigenvalue weighted by Gasteiger charge is 2.68. The minimum atomic E-state index is -1.70. The van der Waals surface area contributed by atoms with Crippen LogP contribution >= 0.6 is 0 Å². The van der Waals surface area contributed by atoms with E-state index >= 15 is 0 Å². The molecule has 5 N–H and O–H groups in total. The summed E-state index contributed by atoms with van der Waals surface area (Å²) in [6, 6.07) is -0.568. The van der Waals surface area contributed by atoms with Gasteiger partial charge in [-0.25, -0.2) is 0 Å². The van der Waals surface area contributed by atoms with Crippen LogP contribution < -0.4 is 5.32 Å². The number of hydrogen-bond donors (Lipinski definition) is 5. The number of ketones is 2. The lowest BCUT2D eigenvalue weighted by Crippen LogP contribution is -2.62. The molecule has 6 rings (SSSR count). The number of rotatable bonds is 8. The molecule has 6 aliphatic rings. The van der Waals surface area contributed by atoms with Crippen LogP contribution in [0.4, 0.5) is 0 Å². The Morgan fingerprint density at radius 2 is 1.72 bits per heavy atom. The number of nitrogens with one attached hydrogen (secondary N) is 1. The van der Waals surface area contributed by atoms with Crippen molar-refractivity contribution in [3.05, 3.63) is 11.6 Å². The number of allylic oxidation sites excluding steroid dienone is 1. The Kier molecular flexibility index (Phi) is 15.1. The quantitative estimate of drug-likeness (QED) is 0.166. The molecule has 340 valence electrons. The van der Waals surface area contributed by atoms with Crippen LogP contribution in [0.5, 0.6) is 0 Å². The number of esters is 1. The standard InChI is InChI=1S/C47H76N2O11/c1-8-37-41(54)40(53)30(5)49(22-10-13-35(51)42(27(2)24-28(3)43(55)59-37)60-38-14-9-12-29(4)58-38)23-11-21-48-44(56)47(57)20-18-34-33-16-15-31-25-32(50)17-19-45(31,6)39(33)36(52)26-46(34,47)7/h25,27-30,33-35,37-42,51,53-54,57H,8-24,26H2,1-7H3,(H,48,56)/t27-,28?,29+,30+,33?,34?,35+,37+,38-,39?,40+,41+,42+,45-,46-,47-/m0/s1. The highest BCUT2D eigenvalue weighted by Crippen LogP contribution is 2.66. The predicted molar refractivity (Wildman–Crippen MR) is 224 cm³/mol. The summed E-state index contributed by atoms with van der Waals surface area (Å²) in [5, 5.41) is 49.8. The number of Topliss-reactive ketones (excluding diaryl/α,β-unsaturated/α-hetero) is 1. The predicted octanol–water partition coefficient (Wildman–Crippen LogP) is 4.79. The summed E-state index contributed by atoms with van der Waals surface area (Å²) in [7, 11) is 0. The summed E-state index contributed by atoms with van der Waals surface area (Å²) in [5.41, 5.74) is -1.87. The van der Waals surface area contributed by atoms with Gasteiger partial charge in [0.05, 0.1) is 30.3 Å². The Balaban J connectivity index is 1.11. The van der Waals surface area contributed by atoms with Gasteiger partial charge in [-0.2, -0.15) is 0 Å². The lowest BCUT2D eigenvalue weighted by Gasteiger charge is -2.57. The van der Waals surface area contributed by atoms with Crippen molar-refractivity contribution in [1.29, 1.82) is 0 Å². The number of fused-ring (bicyclic) bond motifs is 5. The molecule has 2 saturated heterocycles. The van der Waals surface area contributed by atoms with Gasteiger partial charge in [-0.05, 0) is 133 Å². The van der Waals surface area contributed by atoms with Gasteiger partial charge in [-0.15, -0.1) is 0 Å². The average molecular weight is 845 g/mol. The van der Waals surface area contributed by atoms with Crippen molar-refractivity contribution in [3.8, 4) is 0 Å². The number of nitrogens with zero attached hydrogens (tertiary/aromatic N) is 1. The lowest BCUT2D eigenvalue weighted by molar-refractivity contribution is -0.236. The number of carbonyl (C=O) groups excluding carboxylic acids is 4. The number of carbonyl (C=O) groups is 4. The average Bonchev–Trinajstić information content (AvgIpc) is 3.48. The van der Waals surface area contributed by atoms with Gasteiger partial charge < -0.3 is 40.0 Å². The van der Waals surface area contributed by atoms with E-state index in [1.807, 2.05) is 32.6 Å². The van der Waals surface area contributed by atoms with Gasteiger partial charge >= 0.3 is 5.97 Å². The topological polar surface area (TPSA) is 192 Å². The second kappa shape index (κ2) is 19.2. The van der Waals surface area contributed by atoms with Crippen LogP contribution in [0.25, 0.3) is 0 Å². The van der Waals surface area contributed by atoms with E-state index in [4.69, 9.17) is 14.2 Å². The normalized spacial score (nSPS) is 45.0. The van der Waals surface area contributed by atoms with E-state index in [9.17, 15) is 39.6 Å². The second-order valence-corrected chi connectivity index (χ2v) is 20.3. The number of aliphatic hydroxyl groups is 4. The van der Waals surface area contributed by atoms with E-state index in [1.165, 1.54) is 0 Å². The molecule has 13 heteroatoms. The first-order valence-electron chi connectivity index (χ1n) is 23.4. The fourth-order valence-corrected chi connectivity index (χ4v) is 12.6. The molecule has 2 heterocycles. The highest BCUT2D eigenvalue weighted by molar-refractivity contribution is 5.94. The Morgan fingerprint density at radius 1 is 0.967 bits per heavy atom. The molecule has 4 aliphatic carbocycles. The maximum atomic E-state index is 14.1. The van der Waals surface area contributed by atoms with Gasteiger partial charge in [-0.1, -0.05) is 40.2 Å². The van der Waals surface area contributed by atoms with Crippen LogP contribution in [0.1, 0.15) is 145 Å². The molecular weight excluding hydrogens is 769 g/mol. The zero-order chi connectivity index (χ0) is 43.7. The fraction of sp³-hybridized carbons (Fsp3) is 0.872. The maximum absolute atomic E-state index is 14.1. The van der Waals surface area contributed by atoms with Crippen molar-refractivity contribution in [2.24, 2.45) is 40.4 Å². The van der Waals surface area contributed by atoms with Crippen LogP contribution in [-0.2, 0) is 33.4 Å². The van der Waals surface area contributed by atoms with Gasteiger partial charge in [0.15, 0.2) is 12.1 Å². The number of aliphatic hydroxyl groups excluding tert-OH is 3. The van der Waals surface area contributed by atoms with Crippen molar-refractivity contribution < 1.29 is 53.8 Å². The van der Waals surface area contributed by atoms with Crippen molar-refractivity contribution in [3.63, 3.8) is 0 Å². The minimum Gasteiger partial charge on any atom is -0.459 e. The van der Waals surface area contributed by atoms with E-state index in [0.29, 0.717) is 64.5 Å². The summed E-state index contributed by atoms with van der Waals surface area (Å²) in [4.78, 5) is 55.8. The van der Waals surface area contributed by atoms with E-state index < -0.39 is 71.7 Å². The first-order valence-corrected chi connectivity index (χ1v) is 23.4. The zero-order valence-electron chi connectivity index (χ0n) is 37.4. The summed E-state index contributed by atoms with van der Waals surface area (Å²) < 4.78 is 18.4. The summed E-state index contributed by atoms with van der Waals surface area (Å²) in [6.45, 7) is 14.6. The Hall–Kier alpha value is -2.26. The lowest BCUT2D eigenvalue weighted by atomic mass is 9.46. The van der Waals surface area contributed by atoms with Crippen LogP contribution in [0.15, 0.2) is 11.6 Å². The third-order valence-corrected chi connectivity index (χ3v) is 16.3. The molecule has 0 aromatic rings.